The number of nitrogens with one attached hydrogen (secondary N) is 1. The van der Waals surface area contributed by atoms with Crippen molar-refractivity contribution in [2.24, 2.45) is 0 Å². The Kier molecular flexibility index (Phi) is 8.91. The van der Waals surface area contributed by atoms with Gasteiger partial charge in [-0.3, -0.25) is 9.10 Å². The van der Waals surface area contributed by atoms with Gasteiger partial charge in [0.15, 0.2) is 0 Å². The molecule has 30 heavy (non-hydrogen) atoms. The van der Waals surface area contributed by atoms with Crippen molar-refractivity contribution in [1.29, 1.82) is 0 Å². The molecule has 0 aromatic heterocycles. The second-order valence-electron chi connectivity index (χ2n) is 7.10. The molecule has 0 bridgehead atoms. The SMILES string of the molecule is Cc1ccc(N(C(C)C(=O)NCCSCc2ccc(Cl)c(Cl)c2)S(C)(=O)=O)cc1C. The second-order valence-corrected chi connectivity index (χ2v) is 10.9. The number of hydrogen-bond donors (Lipinski definition) is 1. The largest absolute Gasteiger partial charge is 0.353 e. The number of carbonyl (C=O) groups is 1. The van der Waals surface area contributed by atoms with Gasteiger partial charge in [-0.25, -0.2) is 8.42 Å². The van der Waals surface area contributed by atoms with Gasteiger partial charge in [0, 0.05) is 18.1 Å². The van der Waals surface area contributed by atoms with E-state index < -0.39 is 16.1 Å². The molecule has 9 heteroatoms. The first-order valence-corrected chi connectivity index (χ1v) is 13.1. The zero-order chi connectivity index (χ0) is 22.5. The van der Waals surface area contributed by atoms with Gasteiger partial charge in [-0.05, 0) is 61.7 Å². The fraction of sp³-hybridized carbons (Fsp3) is 0.381. The standard InChI is InChI=1S/C21H26Cl2N2O3S2/c1-14-5-7-18(11-15(14)2)25(30(4,27)28)16(3)21(26)24-9-10-29-13-17-6-8-19(22)20(23)12-17/h5-8,11-12,16H,9-10,13H2,1-4H3,(H,24,26). The van der Waals surface area contributed by atoms with E-state index in [0.717, 1.165) is 33.0 Å². The van der Waals surface area contributed by atoms with E-state index in [1.165, 1.54) is 0 Å². The fourth-order valence-corrected chi connectivity index (χ4v) is 5.18. The molecule has 1 amide bonds. The van der Waals surface area contributed by atoms with E-state index in [1.807, 2.05) is 32.0 Å². The smallest absolute Gasteiger partial charge is 0.243 e. The summed E-state index contributed by atoms with van der Waals surface area (Å²) in [7, 11) is -3.63. The van der Waals surface area contributed by atoms with Gasteiger partial charge < -0.3 is 5.32 Å². The second kappa shape index (κ2) is 10.8. The highest BCUT2D eigenvalue weighted by Crippen LogP contribution is 2.25. The van der Waals surface area contributed by atoms with E-state index in [-0.39, 0.29) is 5.91 Å². The molecule has 0 radical (unpaired) electrons. The Bertz CT molecular complexity index is 1010. The number of thioether (sulfide) groups is 1. The summed E-state index contributed by atoms with van der Waals surface area (Å²) in [5, 5.41) is 3.86. The number of benzene rings is 2. The number of rotatable bonds is 9. The molecule has 0 saturated heterocycles. The summed E-state index contributed by atoms with van der Waals surface area (Å²) >= 11 is 13.6. The molecule has 2 aromatic rings. The van der Waals surface area contributed by atoms with Crippen LogP contribution in [0.3, 0.4) is 0 Å². The zero-order valence-electron chi connectivity index (χ0n) is 17.4. The predicted octanol–water partition coefficient (Wildman–Crippen LogP) is 4.81. The van der Waals surface area contributed by atoms with Crippen LogP contribution < -0.4 is 9.62 Å². The van der Waals surface area contributed by atoms with Crippen molar-refractivity contribution in [3.05, 3.63) is 63.1 Å². The van der Waals surface area contributed by atoms with E-state index >= 15 is 0 Å². The van der Waals surface area contributed by atoms with Gasteiger partial charge in [-0.15, -0.1) is 0 Å². The molecule has 0 heterocycles. The molecule has 5 nitrogen and oxygen atoms in total. The van der Waals surface area contributed by atoms with E-state index in [4.69, 9.17) is 23.2 Å². The Morgan fingerprint density at radius 3 is 2.40 bits per heavy atom. The van der Waals surface area contributed by atoms with Gasteiger partial charge in [0.2, 0.25) is 15.9 Å². The molecular formula is C21H26Cl2N2O3S2. The Hall–Kier alpha value is -1.41. The van der Waals surface area contributed by atoms with Gasteiger partial charge in [0.1, 0.15) is 6.04 Å². The first-order chi connectivity index (χ1) is 14.0. The fourth-order valence-electron chi connectivity index (χ4n) is 2.89. The highest BCUT2D eigenvalue weighted by Gasteiger charge is 2.29. The van der Waals surface area contributed by atoms with Crippen molar-refractivity contribution in [3.63, 3.8) is 0 Å². The van der Waals surface area contributed by atoms with Gasteiger partial charge >= 0.3 is 0 Å². The minimum Gasteiger partial charge on any atom is -0.353 e. The number of aryl methyl sites for hydroxylation is 2. The van der Waals surface area contributed by atoms with Crippen molar-refractivity contribution < 1.29 is 13.2 Å². The van der Waals surface area contributed by atoms with E-state index in [9.17, 15) is 13.2 Å². The number of hydrogen-bond acceptors (Lipinski definition) is 4. The van der Waals surface area contributed by atoms with Crippen LogP contribution in [0.25, 0.3) is 0 Å². The highest BCUT2D eigenvalue weighted by molar-refractivity contribution is 7.98. The molecule has 0 saturated carbocycles. The van der Waals surface area contributed by atoms with Crippen LogP contribution in [0.2, 0.25) is 10.0 Å². The summed E-state index contributed by atoms with van der Waals surface area (Å²) in [6, 6.07) is 10.00. The molecule has 1 N–H and O–H groups in total. The molecule has 2 aromatic carbocycles. The monoisotopic (exact) mass is 488 g/mol. The van der Waals surface area contributed by atoms with Crippen LogP contribution in [-0.4, -0.2) is 38.9 Å². The average molecular weight is 489 g/mol. The quantitative estimate of drug-likeness (QED) is 0.514. The third kappa shape index (κ3) is 6.80. The normalized spacial score (nSPS) is 12.5. The maximum absolute atomic E-state index is 12.6. The van der Waals surface area contributed by atoms with Crippen LogP contribution in [-0.2, 0) is 20.6 Å². The minimum atomic E-state index is -3.63. The number of amides is 1. The maximum atomic E-state index is 12.6. The Labute approximate surface area is 193 Å². The maximum Gasteiger partial charge on any atom is 0.243 e. The Morgan fingerprint density at radius 1 is 1.10 bits per heavy atom. The zero-order valence-corrected chi connectivity index (χ0v) is 20.6. The lowest BCUT2D eigenvalue weighted by atomic mass is 10.1. The molecular weight excluding hydrogens is 463 g/mol. The van der Waals surface area contributed by atoms with Crippen molar-refractivity contribution in [3.8, 4) is 0 Å². The van der Waals surface area contributed by atoms with Crippen molar-refractivity contribution >= 4 is 56.6 Å². The van der Waals surface area contributed by atoms with Crippen LogP contribution in [0.1, 0.15) is 23.6 Å². The van der Waals surface area contributed by atoms with Crippen LogP contribution in [0.15, 0.2) is 36.4 Å². The summed E-state index contributed by atoms with van der Waals surface area (Å²) in [6.07, 6.45) is 1.11. The number of sulfonamides is 1. The first kappa shape index (κ1) is 24.9. The van der Waals surface area contributed by atoms with Gasteiger partial charge in [-0.2, -0.15) is 11.8 Å². The van der Waals surface area contributed by atoms with Gasteiger partial charge in [0.25, 0.3) is 0 Å². The topological polar surface area (TPSA) is 66.5 Å². The van der Waals surface area contributed by atoms with E-state index in [0.29, 0.717) is 28.0 Å². The van der Waals surface area contributed by atoms with E-state index in [1.54, 1.807) is 36.9 Å². The summed E-state index contributed by atoms with van der Waals surface area (Å²) in [5.74, 6) is 1.08. The Morgan fingerprint density at radius 2 is 1.80 bits per heavy atom. The molecule has 0 aliphatic rings. The lowest BCUT2D eigenvalue weighted by molar-refractivity contribution is -0.121. The molecule has 1 unspecified atom stereocenters. The molecule has 164 valence electrons. The molecule has 0 fully saturated rings. The number of carbonyl (C=O) groups excluding carboxylic acids is 1. The van der Waals surface area contributed by atoms with Crippen LogP contribution >= 0.6 is 35.0 Å². The van der Waals surface area contributed by atoms with Crippen LogP contribution in [0.4, 0.5) is 5.69 Å². The summed E-state index contributed by atoms with van der Waals surface area (Å²) in [5.41, 5.74) is 3.56. The number of nitrogens with zero attached hydrogens (tertiary/aromatic N) is 1. The predicted molar refractivity (Wildman–Crippen MR) is 128 cm³/mol. The number of anilines is 1. The molecule has 1 atom stereocenters. The summed E-state index contributed by atoms with van der Waals surface area (Å²) in [6.45, 7) is 5.89. The average Bonchev–Trinajstić information content (AvgIpc) is 2.66. The first-order valence-electron chi connectivity index (χ1n) is 9.36. The number of halogens is 2. The molecule has 0 aliphatic carbocycles. The summed E-state index contributed by atoms with van der Waals surface area (Å²) < 4.78 is 25.9. The van der Waals surface area contributed by atoms with E-state index in [2.05, 4.69) is 5.32 Å². The van der Waals surface area contributed by atoms with Crippen molar-refractivity contribution in [2.75, 3.05) is 22.9 Å². The van der Waals surface area contributed by atoms with Gasteiger partial charge in [-0.1, -0.05) is 35.3 Å². The third-order valence-electron chi connectivity index (χ3n) is 4.63. The summed E-state index contributed by atoms with van der Waals surface area (Å²) in [4.78, 5) is 12.6. The van der Waals surface area contributed by atoms with Gasteiger partial charge in [0.05, 0.1) is 22.0 Å². The van der Waals surface area contributed by atoms with Crippen LogP contribution in [0, 0.1) is 13.8 Å². The molecule has 0 spiro atoms. The van der Waals surface area contributed by atoms with Crippen molar-refractivity contribution in [1.82, 2.24) is 5.32 Å². The minimum absolute atomic E-state index is 0.339. The third-order valence-corrected chi connectivity index (χ3v) is 7.64. The highest BCUT2D eigenvalue weighted by atomic mass is 35.5. The molecule has 2 rings (SSSR count). The Balaban J connectivity index is 1.93. The lowest BCUT2D eigenvalue weighted by Crippen LogP contribution is -2.48. The molecule has 0 aliphatic heterocycles. The van der Waals surface area contributed by atoms with Crippen molar-refractivity contribution in [2.45, 2.75) is 32.6 Å². The van der Waals surface area contributed by atoms with Crippen LogP contribution in [0.5, 0.6) is 0 Å². The lowest BCUT2D eigenvalue weighted by Gasteiger charge is -2.28.